The third-order valence-corrected chi connectivity index (χ3v) is 4.77. The predicted octanol–water partition coefficient (Wildman–Crippen LogP) is 1.95. The van der Waals surface area contributed by atoms with Gasteiger partial charge in [-0.25, -0.2) is 0 Å². The second-order valence-electron chi connectivity index (χ2n) is 5.57. The summed E-state index contributed by atoms with van der Waals surface area (Å²) in [6.45, 7) is 2.58. The Labute approximate surface area is 124 Å². The number of nitrogens with two attached hydrogens (primary N) is 1. The zero-order valence-corrected chi connectivity index (χ0v) is 12.8. The number of rotatable bonds is 8. The third-order valence-electron chi connectivity index (χ3n) is 3.78. The van der Waals surface area contributed by atoms with Gasteiger partial charge in [-0.1, -0.05) is 6.07 Å². The van der Waals surface area contributed by atoms with E-state index in [0.29, 0.717) is 18.9 Å². The Kier molecular flexibility index (Phi) is 5.43. The number of amides is 1. The Hall–Kier alpha value is -1.07. The van der Waals surface area contributed by atoms with E-state index >= 15 is 0 Å². The molecule has 0 aromatic carbocycles. The molecule has 1 aromatic heterocycles. The highest BCUT2D eigenvalue weighted by Gasteiger charge is 2.41. The molecule has 3 N–H and O–H groups in total. The molecule has 1 saturated carbocycles. The standard InChI is InChI=1S/C15H23N3OS/c1-15(11-16,12-5-6-12)18-14(19)7-9-20-10-13-4-2-3-8-17-13/h2-4,8,12H,5-7,9-11,16H2,1H3,(H,18,19). The van der Waals surface area contributed by atoms with Crippen LogP contribution >= 0.6 is 11.8 Å². The fourth-order valence-electron chi connectivity index (χ4n) is 2.25. The van der Waals surface area contributed by atoms with Crippen LogP contribution < -0.4 is 11.1 Å². The molecule has 2 rings (SSSR count). The largest absolute Gasteiger partial charge is 0.349 e. The second-order valence-corrected chi connectivity index (χ2v) is 6.67. The Morgan fingerprint density at radius 2 is 2.35 bits per heavy atom. The zero-order chi connectivity index (χ0) is 14.4. The summed E-state index contributed by atoms with van der Waals surface area (Å²) in [6, 6.07) is 5.90. The molecule has 0 bridgehead atoms. The van der Waals surface area contributed by atoms with Crippen molar-refractivity contribution in [1.82, 2.24) is 10.3 Å². The molecular weight excluding hydrogens is 270 g/mol. The summed E-state index contributed by atoms with van der Waals surface area (Å²) < 4.78 is 0. The maximum absolute atomic E-state index is 12.0. The van der Waals surface area contributed by atoms with Gasteiger partial charge in [-0.2, -0.15) is 11.8 Å². The first-order valence-electron chi connectivity index (χ1n) is 7.13. The minimum atomic E-state index is -0.206. The van der Waals surface area contributed by atoms with Crippen molar-refractivity contribution in [3.63, 3.8) is 0 Å². The van der Waals surface area contributed by atoms with Crippen LogP contribution in [0.2, 0.25) is 0 Å². The fraction of sp³-hybridized carbons (Fsp3) is 0.600. The average molecular weight is 293 g/mol. The van der Waals surface area contributed by atoms with E-state index in [4.69, 9.17) is 5.73 Å². The highest BCUT2D eigenvalue weighted by Crippen LogP contribution is 2.38. The number of thioether (sulfide) groups is 1. The van der Waals surface area contributed by atoms with E-state index in [2.05, 4.69) is 17.2 Å². The molecule has 1 aromatic rings. The number of hydrogen-bond donors (Lipinski definition) is 2. The van der Waals surface area contributed by atoms with Gasteiger partial charge in [0, 0.05) is 30.7 Å². The summed E-state index contributed by atoms with van der Waals surface area (Å²) in [5, 5.41) is 3.11. The summed E-state index contributed by atoms with van der Waals surface area (Å²) in [5.74, 6) is 2.34. The van der Waals surface area contributed by atoms with E-state index in [9.17, 15) is 4.79 Å². The summed E-state index contributed by atoms with van der Waals surface area (Å²) >= 11 is 1.74. The van der Waals surface area contributed by atoms with Crippen LogP contribution in [0.3, 0.4) is 0 Å². The lowest BCUT2D eigenvalue weighted by Crippen LogP contribution is -2.53. The van der Waals surface area contributed by atoms with Crippen molar-refractivity contribution in [1.29, 1.82) is 0 Å². The molecule has 0 aliphatic heterocycles. The Bertz CT molecular complexity index is 436. The summed E-state index contributed by atoms with van der Waals surface area (Å²) in [4.78, 5) is 16.2. The van der Waals surface area contributed by atoms with E-state index in [1.807, 2.05) is 18.2 Å². The Balaban J connectivity index is 1.65. The smallest absolute Gasteiger partial charge is 0.221 e. The molecule has 110 valence electrons. The van der Waals surface area contributed by atoms with E-state index in [0.717, 1.165) is 17.2 Å². The summed E-state index contributed by atoms with van der Waals surface area (Å²) in [7, 11) is 0. The quantitative estimate of drug-likeness (QED) is 0.719. The molecule has 1 aliphatic carbocycles. The molecule has 4 nitrogen and oxygen atoms in total. The van der Waals surface area contributed by atoms with Gasteiger partial charge in [0.15, 0.2) is 0 Å². The maximum atomic E-state index is 12.0. The molecule has 1 aliphatic rings. The number of aromatic nitrogens is 1. The monoisotopic (exact) mass is 293 g/mol. The van der Waals surface area contributed by atoms with Crippen molar-refractivity contribution in [3.8, 4) is 0 Å². The lowest BCUT2D eigenvalue weighted by Gasteiger charge is -2.29. The molecule has 0 radical (unpaired) electrons. The van der Waals surface area contributed by atoms with Gasteiger partial charge < -0.3 is 11.1 Å². The van der Waals surface area contributed by atoms with Gasteiger partial charge in [0.2, 0.25) is 5.91 Å². The van der Waals surface area contributed by atoms with Crippen LogP contribution in [0.4, 0.5) is 0 Å². The van der Waals surface area contributed by atoms with E-state index in [1.165, 1.54) is 12.8 Å². The summed E-state index contributed by atoms with van der Waals surface area (Å²) in [6.07, 6.45) is 4.70. The van der Waals surface area contributed by atoms with Gasteiger partial charge in [0.25, 0.3) is 0 Å². The molecule has 1 unspecified atom stereocenters. The van der Waals surface area contributed by atoms with Crippen molar-refractivity contribution in [2.75, 3.05) is 12.3 Å². The molecule has 20 heavy (non-hydrogen) atoms. The lowest BCUT2D eigenvalue weighted by atomic mass is 9.96. The molecule has 1 heterocycles. The number of carbonyl (C=O) groups is 1. The number of carbonyl (C=O) groups excluding carboxylic acids is 1. The predicted molar refractivity (Wildman–Crippen MR) is 83.3 cm³/mol. The molecule has 1 fully saturated rings. The topological polar surface area (TPSA) is 68.0 Å². The van der Waals surface area contributed by atoms with Crippen molar-refractivity contribution in [3.05, 3.63) is 30.1 Å². The fourth-order valence-corrected chi connectivity index (χ4v) is 3.10. The van der Waals surface area contributed by atoms with Crippen LogP contribution in [0.25, 0.3) is 0 Å². The van der Waals surface area contributed by atoms with Crippen LogP contribution in [0.1, 0.15) is 31.9 Å². The number of nitrogens with zero attached hydrogens (tertiary/aromatic N) is 1. The van der Waals surface area contributed by atoms with Gasteiger partial charge in [-0.3, -0.25) is 9.78 Å². The van der Waals surface area contributed by atoms with Crippen molar-refractivity contribution < 1.29 is 4.79 Å². The molecule has 0 saturated heterocycles. The third kappa shape index (κ3) is 4.49. The summed E-state index contributed by atoms with van der Waals surface area (Å²) in [5.41, 5.74) is 6.65. The number of pyridine rings is 1. The van der Waals surface area contributed by atoms with Crippen molar-refractivity contribution in [2.45, 2.75) is 37.5 Å². The molecular formula is C15H23N3OS. The highest BCUT2D eigenvalue weighted by molar-refractivity contribution is 7.98. The van der Waals surface area contributed by atoms with Crippen molar-refractivity contribution >= 4 is 17.7 Å². The van der Waals surface area contributed by atoms with E-state index < -0.39 is 0 Å². The first-order chi connectivity index (χ1) is 9.64. The molecule has 5 heteroatoms. The van der Waals surface area contributed by atoms with Gasteiger partial charge >= 0.3 is 0 Å². The maximum Gasteiger partial charge on any atom is 0.221 e. The highest BCUT2D eigenvalue weighted by atomic mass is 32.2. The molecule has 0 spiro atoms. The van der Waals surface area contributed by atoms with Gasteiger partial charge in [-0.15, -0.1) is 0 Å². The zero-order valence-electron chi connectivity index (χ0n) is 12.0. The molecule has 1 atom stereocenters. The van der Waals surface area contributed by atoms with Crippen LogP contribution in [-0.2, 0) is 10.5 Å². The number of hydrogen-bond acceptors (Lipinski definition) is 4. The Morgan fingerprint density at radius 1 is 1.55 bits per heavy atom. The van der Waals surface area contributed by atoms with Crippen LogP contribution in [0, 0.1) is 5.92 Å². The van der Waals surface area contributed by atoms with Gasteiger partial charge in [0.05, 0.1) is 11.2 Å². The SMILES string of the molecule is CC(CN)(NC(=O)CCSCc1ccccn1)C1CC1. The van der Waals surface area contributed by atoms with Crippen LogP contribution in [0.5, 0.6) is 0 Å². The van der Waals surface area contributed by atoms with E-state index in [-0.39, 0.29) is 11.4 Å². The number of nitrogens with one attached hydrogen (secondary N) is 1. The minimum absolute atomic E-state index is 0.110. The second kappa shape index (κ2) is 7.09. The lowest BCUT2D eigenvalue weighted by molar-refractivity contribution is -0.122. The Morgan fingerprint density at radius 3 is 2.95 bits per heavy atom. The van der Waals surface area contributed by atoms with Gasteiger partial charge in [-0.05, 0) is 37.8 Å². The minimum Gasteiger partial charge on any atom is -0.349 e. The molecule has 1 amide bonds. The first-order valence-corrected chi connectivity index (χ1v) is 8.28. The van der Waals surface area contributed by atoms with Gasteiger partial charge in [0.1, 0.15) is 0 Å². The van der Waals surface area contributed by atoms with E-state index in [1.54, 1.807) is 18.0 Å². The van der Waals surface area contributed by atoms with Crippen molar-refractivity contribution in [2.24, 2.45) is 11.7 Å². The van der Waals surface area contributed by atoms with Crippen LogP contribution in [0.15, 0.2) is 24.4 Å². The first kappa shape index (κ1) is 15.3. The average Bonchev–Trinajstić information content (AvgIpc) is 3.29. The normalized spacial score (nSPS) is 17.5. The van der Waals surface area contributed by atoms with Crippen LogP contribution in [-0.4, -0.2) is 28.7 Å².